The van der Waals surface area contributed by atoms with Crippen LogP contribution in [0.1, 0.15) is 22.9 Å². The van der Waals surface area contributed by atoms with E-state index in [1.165, 1.54) is 23.3 Å². The summed E-state index contributed by atoms with van der Waals surface area (Å²) in [5.41, 5.74) is 3.83. The third-order valence-corrected chi connectivity index (χ3v) is 5.90. The molecule has 2 heterocycles. The van der Waals surface area contributed by atoms with E-state index in [1.54, 1.807) is 29.2 Å². The molecular formula is C23H19N3O4. The summed E-state index contributed by atoms with van der Waals surface area (Å²) in [7, 11) is 0. The smallest absolute Gasteiger partial charge is 0.269 e. The molecule has 0 bridgehead atoms. The van der Waals surface area contributed by atoms with Crippen molar-refractivity contribution >= 4 is 17.3 Å². The van der Waals surface area contributed by atoms with Gasteiger partial charge < -0.3 is 5.11 Å². The van der Waals surface area contributed by atoms with E-state index in [0.717, 1.165) is 5.56 Å². The molecule has 1 unspecified atom stereocenters. The number of amides is 1. The Morgan fingerprint density at radius 2 is 1.60 bits per heavy atom. The van der Waals surface area contributed by atoms with Crippen LogP contribution in [-0.4, -0.2) is 26.9 Å². The Hall–Kier alpha value is -3.71. The molecule has 1 N–H and O–H groups in total. The monoisotopic (exact) mass is 401 g/mol. The van der Waals surface area contributed by atoms with Crippen molar-refractivity contribution in [1.29, 1.82) is 0 Å². The maximum absolute atomic E-state index is 13.5. The van der Waals surface area contributed by atoms with Crippen LogP contribution in [0.15, 0.2) is 72.8 Å². The van der Waals surface area contributed by atoms with E-state index in [9.17, 15) is 20.0 Å². The van der Waals surface area contributed by atoms with Gasteiger partial charge in [-0.05, 0) is 47.4 Å². The van der Waals surface area contributed by atoms with E-state index in [1.807, 2.05) is 24.3 Å². The Morgan fingerprint density at radius 1 is 0.933 bits per heavy atom. The minimum absolute atomic E-state index is 0.0169. The molecule has 0 radical (unpaired) electrons. The predicted octanol–water partition coefficient (Wildman–Crippen LogP) is 3.77. The van der Waals surface area contributed by atoms with Crippen molar-refractivity contribution in [1.82, 2.24) is 4.90 Å². The number of nitrogens with zero attached hydrogens (tertiary/aromatic N) is 3. The number of hydrogen-bond donors (Lipinski definition) is 1. The number of nitro benzene ring substituents is 1. The van der Waals surface area contributed by atoms with E-state index in [-0.39, 0.29) is 29.6 Å². The summed E-state index contributed by atoms with van der Waals surface area (Å²) in [6.45, 7) is 0.627. The molecule has 1 saturated heterocycles. The van der Waals surface area contributed by atoms with Crippen LogP contribution in [0.2, 0.25) is 0 Å². The number of phenolic OH excluding ortho intramolecular Hbond substituents is 1. The molecular weight excluding hydrogens is 382 g/mol. The van der Waals surface area contributed by atoms with Gasteiger partial charge in [0.25, 0.3) is 5.69 Å². The van der Waals surface area contributed by atoms with Crippen LogP contribution in [-0.2, 0) is 17.8 Å². The standard InChI is InChI=1S/C23H19N3O4/c27-20-11-5-15(6-12-20)22-24-14-17-4-2-1-3-16(17)13-21(24)23(28)25(22)18-7-9-19(10-8-18)26(29)30/h1-12,21-22,27H,13-14H2/t21-,22?/m0/s1. The lowest BCUT2D eigenvalue weighted by Gasteiger charge is -2.34. The maximum atomic E-state index is 13.5. The molecule has 0 saturated carbocycles. The van der Waals surface area contributed by atoms with Gasteiger partial charge >= 0.3 is 0 Å². The van der Waals surface area contributed by atoms with Gasteiger partial charge in [0, 0.05) is 24.4 Å². The van der Waals surface area contributed by atoms with E-state index in [2.05, 4.69) is 17.0 Å². The van der Waals surface area contributed by atoms with Crippen LogP contribution in [0, 0.1) is 10.1 Å². The van der Waals surface area contributed by atoms with Gasteiger partial charge in [-0.15, -0.1) is 0 Å². The maximum Gasteiger partial charge on any atom is 0.269 e. The van der Waals surface area contributed by atoms with Gasteiger partial charge in [0.15, 0.2) is 0 Å². The van der Waals surface area contributed by atoms with Crippen molar-refractivity contribution in [2.75, 3.05) is 4.90 Å². The van der Waals surface area contributed by atoms with Crippen molar-refractivity contribution in [2.24, 2.45) is 0 Å². The van der Waals surface area contributed by atoms with E-state index in [0.29, 0.717) is 18.7 Å². The fraction of sp³-hybridized carbons (Fsp3) is 0.174. The first-order chi connectivity index (χ1) is 14.5. The highest BCUT2D eigenvalue weighted by Gasteiger charge is 2.49. The Morgan fingerprint density at radius 3 is 2.27 bits per heavy atom. The molecule has 5 rings (SSSR count). The highest BCUT2D eigenvalue weighted by atomic mass is 16.6. The van der Waals surface area contributed by atoms with Gasteiger partial charge in [-0.2, -0.15) is 0 Å². The second-order valence-electron chi connectivity index (χ2n) is 7.61. The third-order valence-electron chi connectivity index (χ3n) is 5.90. The van der Waals surface area contributed by atoms with Crippen molar-refractivity contribution in [2.45, 2.75) is 25.2 Å². The zero-order valence-electron chi connectivity index (χ0n) is 16.0. The fourth-order valence-corrected chi connectivity index (χ4v) is 4.45. The first-order valence-electron chi connectivity index (χ1n) is 9.72. The highest BCUT2D eigenvalue weighted by Crippen LogP contribution is 2.43. The number of fused-ring (bicyclic) bond motifs is 2. The average Bonchev–Trinajstić information content (AvgIpc) is 3.04. The van der Waals surface area contributed by atoms with Crippen molar-refractivity contribution in [3.63, 3.8) is 0 Å². The number of anilines is 1. The van der Waals surface area contributed by atoms with Crippen LogP contribution >= 0.6 is 0 Å². The SMILES string of the molecule is O=C1[C@@H]2Cc3ccccc3CN2C(c2ccc(O)cc2)N1c1ccc([N+](=O)[O-])cc1. The molecule has 3 aromatic rings. The van der Waals surface area contributed by atoms with Crippen molar-refractivity contribution < 1.29 is 14.8 Å². The molecule has 0 aromatic heterocycles. The second-order valence-corrected chi connectivity index (χ2v) is 7.61. The summed E-state index contributed by atoms with van der Waals surface area (Å²) in [5.74, 6) is 0.127. The fourth-order valence-electron chi connectivity index (χ4n) is 4.45. The first-order valence-corrected chi connectivity index (χ1v) is 9.72. The summed E-state index contributed by atoms with van der Waals surface area (Å²) < 4.78 is 0. The number of nitro groups is 1. The highest BCUT2D eigenvalue weighted by molar-refractivity contribution is 6.00. The molecule has 3 aromatic carbocycles. The first kappa shape index (κ1) is 18.3. The van der Waals surface area contributed by atoms with Gasteiger partial charge in [0.2, 0.25) is 5.91 Å². The summed E-state index contributed by atoms with van der Waals surface area (Å²) in [4.78, 5) is 28.0. The van der Waals surface area contributed by atoms with Gasteiger partial charge in [-0.1, -0.05) is 36.4 Å². The molecule has 1 amide bonds. The lowest BCUT2D eigenvalue weighted by Crippen LogP contribution is -2.39. The number of benzene rings is 3. The molecule has 150 valence electrons. The minimum atomic E-state index is -0.451. The normalized spacial score (nSPS) is 20.7. The van der Waals surface area contributed by atoms with Crippen LogP contribution in [0.5, 0.6) is 5.75 Å². The molecule has 2 aliphatic heterocycles. The van der Waals surface area contributed by atoms with Gasteiger partial charge in [-0.25, -0.2) is 0 Å². The Labute approximate surface area is 172 Å². The number of phenols is 1. The molecule has 0 spiro atoms. The number of aromatic hydroxyl groups is 1. The number of hydrogen-bond acceptors (Lipinski definition) is 5. The van der Waals surface area contributed by atoms with Gasteiger partial charge in [-0.3, -0.25) is 24.7 Å². The Balaban J connectivity index is 1.60. The molecule has 2 atom stereocenters. The zero-order valence-corrected chi connectivity index (χ0v) is 16.0. The van der Waals surface area contributed by atoms with Crippen LogP contribution in [0.25, 0.3) is 0 Å². The van der Waals surface area contributed by atoms with E-state index in [4.69, 9.17) is 0 Å². The summed E-state index contributed by atoms with van der Waals surface area (Å²) in [5, 5.41) is 20.8. The predicted molar refractivity (Wildman–Crippen MR) is 111 cm³/mol. The average molecular weight is 401 g/mol. The summed E-state index contributed by atoms with van der Waals surface area (Å²) >= 11 is 0. The molecule has 7 heteroatoms. The van der Waals surface area contributed by atoms with E-state index >= 15 is 0 Å². The van der Waals surface area contributed by atoms with Crippen LogP contribution in [0.3, 0.4) is 0 Å². The number of carbonyl (C=O) groups is 1. The van der Waals surface area contributed by atoms with E-state index < -0.39 is 4.92 Å². The topological polar surface area (TPSA) is 86.9 Å². The van der Waals surface area contributed by atoms with Crippen LogP contribution in [0.4, 0.5) is 11.4 Å². The summed E-state index contributed by atoms with van der Waals surface area (Å²) in [6, 6.07) is 20.7. The summed E-state index contributed by atoms with van der Waals surface area (Å²) in [6.07, 6.45) is 0.255. The van der Waals surface area contributed by atoms with Crippen molar-refractivity contribution in [3.8, 4) is 5.75 Å². The van der Waals surface area contributed by atoms with Gasteiger partial charge in [0.1, 0.15) is 11.9 Å². The lowest BCUT2D eigenvalue weighted by atomic mass is 9.94. The zero-order chi connectivity index (χ0) is 20.8. The second kappa shape index (κ2) is 6.96. The molecule has 30 heavy (non-hydrogen) atoms. The number of carbonyl (C=O) groups excluding carboxylic acids is 1. The Kier molecular flexibility index (Phi) is 4.25. The lowest BCUT2D eigenvalue weighted by molar-refractivity contribution is -0.384. The number of rotatable bonds is 3. The molecule has 2 aliphatic rings. The largest absolute Gasteiger partial charge is 0.508 e. The Bertz CT molecular complexity index is 1130. The third kappa shape index (κ3) is 2.91. The minimum Gasteiger partial charge on any atom is -0.508 e. The molecule has 1 fully saturated rings. The van der Waals surface area contributed by atoms with Crippen LogP contribution < -0.4 is 4.90 Å². The van der Waals surface area contributed by atoms with Crippen molar-refractivity contribution in [3.05, 3.63) is 99.6 Å². The number of non-ortho nitro benzene ring substituents is 1. The molecule has 0 aliphatic carbocycles. The molecule has 7 nitrogen and oxygen atoms in total. The van der Waals surface area contributed by atoms with Gasteiger partial charge in [0.05, 0.1) is 11.0 Å². The quantitative estimate of drug-likeness (QED) is 0.533.